The molecule has 1 heterocycles. The van der Waals surface area contributed by atoms with Gasteiger partial charge in [-0.2, -0.15) is 4.31 Å². The molecule has 0 aliphatic carbocycles. The van der Waals surface area contributed by atoms with Gasteiger partial charge in [0, 0.05) is 45.4 Å². The number of benzene rings is 2. The molecule has 1 N–H and O–H groups in total. The van der Waals surface area contributed by atoms with Gasteiger partial charge in [0.1, 0.15) is 0 Å². The van der Waals surface area contributed by atoms with Crippen LogP contribution in [0.4, 0.5) is 5.13 Å². The van der Waals surface area contributed by atoms with E-state index in [1.54, 1.807) is 0 Å². The number of hydrogen-bond donors (Lipinski definition) is 1. The summed E-state index contributed by atoms with van der Waals surface area (Å²) in [6.07, 6.45) is 0. The van der Waals surface area contributed by atoms with E-state index in [0.717, 1.165) is 16.9 Å². The van der Waals surface area contributed by atoms with Crippen LogP contribution in [0, 0.1) is 0 Å². The van der Waals surface area contributed by atoms with Crippen LogP contribution in [-0.2, 0) is 19.5 Å². The van der Waals surface area contributed by atoms with Gasteiger partial charge < -0.3 is 9.47 Å². The largest absolute Gasteiger partial charge is 0.383 e. The maximum absolute atomic E-state index is 13.0. The third kappa shape index (κ3) is 6.59. The minimum absolute atomic E-state index is 0.0562. The Hall–Kier alpha value is -2.96. The van der Waals surface area contributed by atoms with E-state index < -0.39 is 15.9 Å². The van der Waals surface area contributed by atoms with E-state index in [0.29, 0.717) is 10.6 Å². The van der Waals surface area contributed by atoms with Gasteiger partial charge in [0.2, 0.25) is 10.0 Å². The third-order valence-electron chi connectivity index (χ3n) is 5.06. The van der Waals surface area contributed by atoms with Gasteiger partial charge in [-0.3, -0.25) is 14.9 Å². The fourth-order valence-electron chi connectivity index (χ4n) is 3.24. The molecular formula is C24H27N3O6S2. The first-order valence-electron chi connectivity index (χ1n) is 10.7. The minimum atomic E-state index is -3.80. The maximum Gasteiger partial charge on any atom is 0.257 e. The van der Waals surface area contributed by atoms with Crippen molar-refractivity contribution in [3.8, 4) is 11.3 Å². The van der Waals surface area contributed by atoms with E-state index in [2.05, 4.69) is 10.3 Å². The van der Waals surface area contributed by atoms with Crippen molar-refractivity contribution in [1.29, 1.82) is 0 Å². The number of thiazole rings is 1. The standard InChI is InChI=1S/C24H27N3O6S2/c1-17(28)22-21(18-7-5-4-6-8-18)25-24(34-22)26-23(29)19-9-11-20(12-10-19)35(30,31)27(13-15-32-2)14-16-33-3/h4-12H,13-16H2,1-3H3,(H,25,26,29). The molecule has 0 spiro atoms. The number of ether oxygens (including phenoxy) is 2. The Morgan fingerprint density at radius 2 is 1.57 bits per heavy atom. The second-order valence-electron chi connectivity index (χ2n) is 7.49. The van der Waals surface area contributed by atoms with E-state index >= 15 is 0 Å². The number of ketones is 1. The monoisotopic (exact) mass is 517 g/mol. The Morgan fingerprint density at radius 1 is 0.971 bits per heavy atom. The number of nitrogens with zero attached hydrogens (tertiary/aromatic N) is 2. The zero-order valence-corrected chi connectivity index (χ0v) is 21.3. The van der Waals surface area contributed by atoms with Crippen molar-refractivity contribution >= 4 is 38.2 Å². The van der Waals surface area contributed by atoms with Gasteiger partial charge >= 0.3 is 0 Å². The van der Waals surface area contributed by atoms with Gasteiger partial charge in [-0.25, -0.2) is 13.4 Å². The molecule has 1 aromatic heterocycles. The molecule has 0 saturated heterocycles. The number of aromatic nitrogens is 1. The molecule has 3 rings (SSSR count). The van der Waals surface area contributed by atoms with E-state index in [9.17, 15) is 18.0 Å². The zero-order chi connectivity index (χ0) is 25.4. The summed E-state index contributed by atoms with van der Waals surface area (Å²) in [5, 5.41) is 2.98. The predicted octanol–water partition coefficient (Wildman–Crippen LogP) is 3.55. The highest BCUT2D eigenvalue weighted by Crippen LogP contribution is 2.31. The number of Topliss-reactive ketones (excluding diaryl/α,β-unsaturated/α-hetero) is 1. The fourth-order valence-corrected chi connectivity index (χ4v) is 5.52. The van der Waals surface area contributed by atoms with E-state index in [-0.39, 0.29) is 47.7 Å². The van der Waals surface area contributed by atoms with E-state index in [1.807, 2.05) is 30.3 Å². The Morgan fingerprint density at radius 3 is 2.11 bits per heavy atom. The quantitative estimate of drug-likeness (QED) is 0.365. The average Bonchev–Trinajstić information content (AvgIpc) is 3.28. The minimum Gasteiger partial charge on any atom is -0.383 e. The van der Waals surface area contributed by atoms with Gasteiger partial charge in [0.25, 0.3) is 5.91 Å². The molecule has 11 heteroatoms. The lowest BCUT2D eigenvalue weighted by Gasteiger charge is -2.21. The van der Waals surface area contributed by atoms with E-state index in [1.165, 1.54) is 49.7 Å². The average molecular weight is 518 g/mol. The van der Waals surface area contributed by atoms with Crippen LogP contribution >= 0.6 is 11.3 Å². The Labute approximate surface area is 208 Å². The topological polar surface area (TPSA) is 115 Å². The summed E-state index contributed by atoms with van der Waals surface area (Å²) in [4.78, 5) is 29.8. The Kier molecular flexibility index (Phi) is 9.24. The number of carbonyl (C=O) groups is 2. The molecule has 0 aliphatic rings. The number of sulfonamides is 1. The van der Waals surface area contributed by atoms with Crippen molar-refractivity contribution < 1.29 is 27.5 Å². The van der Waals surface area contributed by atoms with Gasteiger partial charge in [-0.05, 0) is 24.3 Å². The SMILES string of the molecule is COCCN(CCOC)S(=O)(=O)c1ccc(C(=O)Nc2nc(-c3ccccc3)c(C(C)=O)s2)cc1. The zero-order valence-electron chi connectivity index (χ0n) is 19.7. The summed E-state index contributed by atoms with van der Waals surface area (Å²) in [5.41, 5.74) is 1.53. The summed E-state index contributed by atoms with van der Waals surface area (Å²) in [6, 6.07) is 14.9. The van der Waals surface area contributed by atoms with Crippen molar-refractivity contribution in [2.24, 2.45) is 0 Å². The molecule has 0 bridgehead atoms. The highest BCUT2D eigenvalue weighted by Gasteiger charge is 2.24. The number of anilines is 1. The highest BCUT2D eigenvalue weighted by atomic mass is 32.2. The van der Waals surface area contributed by atoms with Crippen molar-refractivity contribution in [3.05, 3.63) is 65.0 Å². The van der Waals surface area contributed by atoms with Crippen molar-refractivity contribution in [1.82, 2.24) is 9.29 Å². The molecule has 3 aromatic rings. The normalized spacial score (nSPS) is 11.5. The fraction of sp³-hybridized carbons (Fsp3) is 0.292. The predicted molar refractivity (Wildman–Crippen MR) is 134 cm³/mol. The molecule has 2 aromatic carbocycles. The number of amides is 1. The smallest absolute Gasteiger partial charge is 0.257 e. The maximum atomic E-state index is 13.0. The van der Waals surface area contributed by atoms with Crippen LogP contribution in [0.25, 0.3) is 11.3 Å². The third-order valence-corrected chi connectivity index (χ3v) is 8.04. The van der Waals surface area contributed by atoms with Crippen LogP contribution in [0.1, 0.15) is 27.0 Å². The molecule has 9 nitrogen and oxygen atoms in total. The van der Waals surface area contributed by atoms with Crippen LogP contribution in [0.5, 0.6) is 0 Å². The van der Waals surface area contributed by atoms with Crippen molar-refractivity contribution in [3.63, 3.8) is 0 Å². The van der Waals surface area contributed by atoms with Crippen molar-refractivity contribution in [2.45, 2.75) is 11.8 Å². The molecule has 0 radical (unpaired) electrons. The number of methoxy groups -OCH3 is 2. The number of hydrogen-bond acceptors (Lipinski definition) is 8. The summed E-state index contributed by atoms with van der Waals surface area (Å²) < 4.78 is 37.4. The van der Waals surface area contributed by atoms with Crippen LogP contribution in [0.3, 0.4) is 0 Å². The highest BCUT2D eigenvalue weighted by molar-refractivity contribution is 7.89. The van der Waals surface area contributed by atoms with E-state index in [4.69, 9.17) is 9.47 Å². The van der Waals surface area contributed by atoms with Gasteiger partial charge in [-0.15, -0.1) is 0 Å². The number of carbonyl (C=O) groups excluding carboxylic acids is 2. The lowest BCUT2D eigenvalue weighted by molar-refractivity contribution is 0.101. The molecule has 0 unspecified atom stereocenters. The van der Waals surface area contributed by atoms with Crippen LogP contribution < -0.4 is 5.32 Å². The molecule has 0 fully saturated rings. The van der Waals surface area contributed by atoms with Crippen LogP contribution in [0.2, 0.25) is 0 Å². The molecule has 186 valence electrons. The summed E-state index contributed by atoms with van der Waals surface area (Å²) in [7, 11) is -0.797. The molecule has 0 aliphatic heterocycles. The van der Waals surface area contributed by atoms with Gasteiger partial charge in [-0.1, -0.05) is 41.7 Å². The number of rotatable bonds is 12. The van der Waals surface area contributed by atoms with Gasteiger partial charge in [0.05, 0.1) is 28.7 Å². The summed E-state index contributed by atoms with van der Waals surface area (Å²) >= 11 is 1.09. The second kappa shape index (κ2) is 12.1. The molecule has 0 saturated carbocycles. The first kappa shape index (κ1) is 26.6. The van der Waals surface area contributed by atoms with Crippen LogP contribution in [-0.4, -0.2) is 69.9 Å². The first-order valence-corrected chi connectivity index (χ1v) is 13.0. The summed E-state index contributed by atoms with van der Waals surface area (Å²) in [6.45, 7) is 2.29. The first-order chi connectivity index (χ1) is 16.8. The number of nitrogens with one attached hydrogen (secondary N) is 1. The molecule has 1 amide bonds. The Bertz CT molecular complexity index is 1250. The molecule has 35 heavy (non-hydrogen) atoms. The lowest BCUT2D eigenvalue weighted by Crippen LogP contribution is -2.36. The van der Waals surface area contributed by atoms with Gasteiger partial charge in [0.15, 0.2) is 10.9 Å². The Balaban J connectivity index is 1.79. The lowest BCUT2D eigenvalue weighted by atomic mass is 10.1. The van der Waals surface area contributed by atoms with Crippen LogP contribution in [0.15, 0.2) is 59.5 Å². The van der Waals surface area contributed by atoms with Crippen molar-refractivity contribution in [2.75, 3.05) is 45.8 Å². The molecule has 0 atom stereocenters. The molecular weight excluding hydrogens is 490 g/mol. The summed E-state index contributed by atoms with van der Waals surface area (Å²) in [5.74, 6) is -0.615. The second-order valence-corrected chi connectivity index (χ2v) is 10.4.